The minimum absolute atomic E-state index is 0.000718. The third-order valence-electron chi connectivity index (χ3n) is 1.88. The minimum atomic E-state index is -4.66. The average molecular weight is 213 g/mol. The van der Waals surface area contributed by atoms with Gasteiger partial charge >= 0.3 is 12.3 Å². The highest BCUT2D eigenvalue weighted by Gasteiger charge is 2.39. The molecule has 1 saturated heterocycles. The maximum atomic E-state index is 11.8. The number of halogens is 3. The van der Waals surface area contributed by atoms with Gasteiger partial charge in [0.1, 0.15) is 6.04 Å². The molecule has 0 aromatic carbocycles. The first-order valence-electron chi connectivity index (χ1n) is 3.98. The van der Waals surface area contributed by atoms with Crippen molar-refractivity contribution in [2.75, 3.05) is 13.7 Å². The Morgan fingerprint density at radius 3 is 2.64 bits per heavy atom. The van der Waals surface area contributed by atoms with Crippen LogP contribution in [-0.4, -0.2) is 38.1 Å². The zero-order chi connectivity index (χ0) is 10.8. The minimum Gasteiger partial charge on any atom is -0.468 e. The summed E-state index contributed by atoms with van der Waals surface area (Å²) in [5.41, 5.74) is 0. The van der Waals surface area contributed by atoms with Gasteiger partial charge in [0.2, 0.25) is 0 Å². The highest BCUT2D eigenvalue weighted by molar-refractivity contribution is 5.76. The Balaban J connectivity index is 2.38. The molecule has 1 fully saturated rings. The lowest BCUT2D eigenvalue weighted by Crippen LogP contribution is -2.31. The van der Waals surface area contributed by atoms with Crippen LogP contribution < -0.4 is 5.32 Å². The van der Waals surface area contributed by atoms with Crippen LogP contribution in [0.1, 0.15) is 6.42 Å². The van der Waals surface area contributed by atoms with E-state index in [9.17, 15) is 18.0 Å². The second kappa shape index (κ2) is 4.14. The molecule has 2 atom stereocenters. The first-order valence-corrected chi connectivity index (χ1v) is 3.98. The maximum absolute atomic E-state index is 11.8. The molecule has 4 nitrogen and oxygen atoms in total. The summed E-state index contributed by atoms with van der Waals surface area (Å²) in [6, 6.07) is -0.702. The third kappa shape index (κ3) is 3.15. The monoisotopic (exact) mass is 213 g/mol. The molecule has 0 spiro atoms. The largest absolute Gasteiger partial charge is 0.522 e. The summed E-state index contributed by atoms with van der Waals surface area (Å²) >= 11 is 0. The fourth-order valence-corrected chi connectivity index (χ4v) is 1.30. The third-order valence-corrected chi connectivity index (χ3v) is 1.88. The molecule has 0 aromatic heterocycles. The number of esters is 1. The van der Waals surface area contributed by atoms with E-state index >= 15 is 0 Å². The van der Waals surface area contributed by atoms with Gasteiger partial charge in [-0.2, -0.15) is 0 Å². The first kappa shape index (κ1) is 11.3. The van der Waals surface area contributed by atoms with E-state index in [1.54, 1.807) is 0 Å². The van der Waals surface area contributed by atoms with Crippen molar-refractivity contribution < 1.29 is 27.4 Å². The van der Waals surface area contributed by atoms with Crippen LogP contribution in [0.15, 0.2) is 0 Å². The van der Waals surface area contributed by atoms with E-state index < -0.39 is 24.5 Å². The molecule has 14 heavy (non-hydrogen) atoms. The van der Waals surface area contributed by atoms with Crippen LogP contribution in [0, 0.1) is 0 Å². The van der Waals surface area contributed by atoms with Crippen molar-refractivity contribution in [1.82, 2.24) is 5.32 Å². The van der Waals surface area contributed by atoms with E-state index in [-0.39, 0.29) is 13.0 Å². The summed E-state index contributed by atoms with van der Waals surface area (Å²) in [6.07, 6.45) is -5.69. The second-order valence-electron chi connectivity index (χ2n) is 2.91. The van der Waals surface area contributed by atoms with E-state index in [0.29, 0.717) is 0 Å². The number of alkyl halides is 3. The quantitative estimate of drug-likeness (QED) is 0.675. The lowest BCUT2D eigenvalue weighted by atomic mass is 10.2. The van der Waals surface area contributed by atoms with E-state index in [2.05, 4.69) is 14.8 Å². The Morgan fingerprint density at radius 2 is 2.14 bits per heavy atom. The summed E-state index contributed by atoms with van der Waals surface area (Å²) in [4.78, 5) is 10.9. The summed E-state index contributed by atoms with van der Waals surface area (Å²) in [5.74, 6) is -0.571. The molecule has 7 heteroatoms. The number of hydrogen-bond acceptors (Lipinski definition) is 4. The van der Waals surface area contributed by atoms with Gasteiger partial charge in [-0.15, -0.1) is 13.2 Å². The van der Waals surface area contributed by atoms with Gasteiger partial charge in [0, 0.05) is 13.0 Å². The molecule has 0 amide bonds. The van der Waals surface area contributed by atoms with Crippen LogP contribution in [0.25, 0.3) is 0 Å². The molecule has 1 aliphatic heterocycles. The molecule has 1 heterocycles. The normalized spacial score (nSPS) is 27.7. The van der Waals surface area contributed by atoms with Crippen LogP contribution in [0.5, 0.6) is 0 Å². The highest BCUT2D eigenvalue weighted by atomic mass is 19.4. The fraction of sp³-hybridized carbons (Fsp3) is 0.857. The van der Waals surface area contributed by atoms with Gasteiger partial charge in [-0.25, -0.2) is 0 Å². The Labute approximate surface area is 78.4 Å². The number of methoxy groups -OCH3 is 1. The SMILES string of the molecule is COC(=O)[C@H]1C[C@@H](OC(F)(F)F)CN1. The molecule has 0 bridgehead atoms. The predicted molar refractivity (Wildman–Crippen MR) is 39.4 cm³/mol. The van der Waals surface area contributed by atoms with E-state index in [1.807, 2.05) is 0 Å². The van der Waals surface area contributed by atoms with Crippen molar-refractivity contribution >= 4 is 5.97 Å². The smallest absolute Gasteiger partial charge is 0.468 e. The van der Waals surface area contributed by atoms with Crippen molar-refractivity contribution in [2.45, 2.75) is 24.9 Å². The van der Waals surface area contributed by atoms with Crippen molar-refractivity contribution in [1.29, 1.82) is 0 Å². The molecule has 0 aromatic rings. The molecular formula is C7H10F3NO3. The summed E-state index contributed by atoms with van der Waals surface area (Å²) in [7, 11) is 1.18. The van der Waals surface area contributed by atoms with Gasteiger partial charge in [0.05, 0.1) is 13.2 Å². The number of carbonyl (C=O) groups excluding carboxylic acids is 1. The predicted octanol–water partition coefficient (Wildman–Crippen LogP) is 0.426. The van der Waals surface area contributed by atoms with Crippen molar-refractivity contribution in [3.05, 3.63) is 0 Å². The first-order chi connectivity index (χ1) is 6.42. The molecule has 0 unspecified atom stereocenters. The van der Waals surface area contributed by atoms with Crippen LogP contribution in [0.3, 0.4) is 0 Å². The Bertz CT molecular complexity index is 219. The number of ether oxygens (including phenoxy) is 2. The van der Waals surface area contributed by atoms with Crippen molar-refractivity contribution in [3.63, 3.8) is 0 Å². The number of nitrogens with one attached hydrogen (secondary N) is 1. The number of carbonyl (C=O) groups is 1. The average Bonchev–Trinajstić information content (AvgIpc) is 2.48. The Kier molecular flexibility index (Phi) is 3.33. The molecule has 1 aliphatic rings. The van der Waals surface area contributed by atoms with Gasteiger partial charge in [0.15, 0.2) is 0 Å². The van der Waals surface area contributed by atoms with Gasteiger partial charge in [-0.05, 0) is 0 Å². The summed E-state index contributed by atoms with van der Waals surface area (Å²) in [6.45, 7) is -0.000718. The van der Waals surface area contributed by atoms with E-state index in [0.717, 1.165) is 0 Å². The van der Waals surface area contributed by atoms with E-state index in [1.165, 1.54) is 7.11 Å². The van der Waals surface area contributed by atoms with Crippen LogP contribution in [0.2, 0.25) is 0 Å². The van der Waals surface area contributed by atoms with Gasteiger partial charge < -0.3 is 10.1 Å². The standard InChI is InChI=1S/C7H10F3NO3/c1-13-6(12)5-2-4(3-11-5)14-7(8,9)10/h4-5,11H,2-3H2,1H3/t4-,5-/m1/s1. The van der Waals surface area contributed by atoms with Crippen LogP contribution in [-0.2, 0) is 14.3 Å². The molecule has 82 valence electrons. The number of rotatable bonds is 2. The topological polar surface area (TPSA) is 47.6 Å². The molecule has 1 N–H and O–H groups in total. The van der Waals surface area contributed by atoms with E-state index in [4.69, 9.17) is 0 Å². The van der Waals surface area contributed by atoms with Gasteiger partial charge in [0.25, 0.3) is 0 Å². The second-order valence-corrected chi connectivity index (χ2v) is 2.91. The molecule has 0 radical (unpaired) electrons. The Hall–Kier alpha value is -0.820. The Morgan fingerprint density at radius 1 is 1.50 bits per heavy atom. The summed E-state index contributed by atoms with van der Waals surface area (Å²) < 4.78 is 43.4. The maximum Gasteiger partial charge on any atom is 0.522 e. The van der Waals surface area contributed by atoms with Crippen LogP contribution in [0.4, 0.5) is 13.2 Å². The lowest BCUT2D eigenvalue weighted by Gasteiger charge is -2.12. The molecule has 0 saturated carbocycles. The van der Waals surface area contributed by atoms with Crippen LogP contribution >= 0.6 is 0 Å². The number of hydrogen-bond donors (Lipinski definition) is 1. The lowest BCUT2D eigenvalue weighted by molar-refractivity contribution is -0.340. The van der Waals surface area contributed by atoms with Gasteiger partial charge in [-0.3, -0.25) is 9.53 Å². The summed E-state index contributed by atoms with van der Waals surface area (Å²) in [5, 5.41) is 2.58. The molecular weight excluding hydrogens is 203 g/mol. The van der Waals surface area contributed by atoms with Gasteiger partial charge in [-0.1, -0.05) is 0 Å². The van der Waals surface area contributed by atoms with Crippen molar-refractivity contribution in [2.24, 2.45) is 0 Å². The zero-order valence-electron chi connectivity index (χ0n) is 7.43. The highest BCUT2D eigenvalue weighted by Crippen LogP contribution is 2.23. The molecule has 0 aliphatic carbocycles. The van der Waals surface area contributed by atoms with Crippen molar-refractivity contribution in [3.8, 4) is 0 Å². The zero-order valence-corrected chi connectivity index (χ0v) is 7.43. The molecule has 1 rings (SSSR count). The fourth-order valence-electron chi connectivity index (χ4n) is 1.30.